The van der Waals surface area contributed by atoms with E-state index in [-0.39, 0.29) is 18.7 Å². The van der Waals surface area contributed by atoms with Crippen molar-refractivity contribution >= 4 is 6.09 Å². The molecule has 1 fully saturated rings. The third-order valence-corrected chi connectivity index (χ3v) is 4.73. The lowest BCUT2D eigenvalue weighted by molar-refractivity contribution is 0.0909. The quantitative estimate of drug-likeness (QED) is 0.683. The minimum Gasteiger partial charge on any atom is -0.445 e. The lowest BCUT2D eigenvalue weighted by atomic mass is 10.1. The molecule has 138 valence electrons. The minimum atomic E-state index is -0.288. The Labute approximate surface area is 157 Å². The summed E-state index contributed by atoms with van der Waals surface area (Å²) in [4.78, 5) is 18.7. The second-order valence-corrected chi connectivity index (χ2v) is 6.61. The third-order valence-electron chi connectivity index (χ3n) is 4.73. The summed E-state index contributed by atoms with van der Waals surface area (Å²) in [7, 11) is 0. The predicted octanol–water partition coefficient (Wildman–Crippen LogP) is 4.08. The molecule has 0 radical (unpaired) electrons. The first-order valence-electron chi connectivity index (χ1n) is 9.15. The molecule has 1 atom stereocenters. The molecule has 1 aliphatic heterocycles. The molecule has 0 aliphatic carbocycles. The van der Waals surface area contributed by atoms with Gasteiger partial charge in [-0.1, -0.05) is 65.8 Å². The topological polar surface area (TPSA) is 68.5 Å². The van der Waals surface area contributed by atoms with Crippen LogP contribution in [0.2, 0.25) is 0 Å². The van der Waals surface area contributed by atoms with Crippen LogP contribution in [-0.2, 0) is 17.8 Å². The Kier molecular flexibility index (Phi) is 5.14. The van der Waals surface area contributed by atoms with Crippen molar-refractivity contribution in [2.75, 3.05) is 6.54 Å². The number of amides is 1. The molecule has 0 N–H and O–H groups in total. The standard InChI is InChI=1S/C21H21N3O3/c25-21(26-15-16-8-3-1-4-9-16)24-13-7-12-18(24)14-19-22-20(23-27-19)17-10-5-2-6-11-17/h1-6,8-11,18H,7,12-15H2/t18-/m0/s1. The van der Waals surface area contributed by atoms with Gasteiger partial charge >= 0.3 is 6.09 Å². The molecule has 4 rings (SSSR count). The van der Waals surface area contributed by atoms with Crippen molar-refractivity contribution in [2.24, 2.45) is 0 Å². The summed E-state index contributed by atoms with van der Waals surface area (Å²) in [5.74, 6) is 1.11. The summed E-state index contributed by atoms with van der Waals surface area (Å²) in [5, 5.41) is 4.05. The number of hydrogen-bond donors (Lipinski definition) is 0. The van der Waals surface area contributed by atoms with Gasteiger partial charge in [0.2, 0.25) is 11.7 Å². The van der Waals surface area contributed by atoms with E-state index in [0.717, 1.165) is 24.0 Å². The Balaban J connectivity index is 1.37. The number of likely N-dealkylation sites (tertiary alicyclic amines) is 1. The van der Waals surface area contributed by atoms with Crippen molar-refractivity contribution in [2.45, 2.75) is 31.9 Å². The Morgan fingerprint density at radius 1 is 1.11 bits per heavy atom. The molecule has 1 aliphatic rings. The third kappa shape index (κ3) is 4.16. The highest BCUT2D eigenvalue weighted by Crippen LogP contribution is 2.23. The van der Waals surface area contributed by atoms with Gasteiger partial charge in [0.05, 0.1) is 0 Å². The maximum atomic E-state index is 12.5. The van der Waals surface area contributed by atoms with Crippen LogP contribution >= 0.6 is 0 Å². The van der Waals surface area contributed by atoms with Gasteiger partial charge in [-0.2, -0.15) is 4.98 Å². The Morgan fingerprint density at radius 3 is 2.63 bits per heavy atom. The van der Waals surface area contributed by atoms with Crippen LogP contribution in [0.15, 0.2) is 65.2 Å². The molecule has 6 nitrogen and oxygen atoms in total. The van der Waals surface area contributed by atoms with Crippen molar-refractivity contribution in [1.82, 2.24) is 15.0 Å². The Bertz CT molecular complexity index is 880. The number of carbonyl (C=O) groups excluding carboxylic acids is 1. The van der Waals surface area contributed by atoms with E-state index in [0.29, 0.717) is 24.7 Å². The molecule has 1 amide bonds. The SMILES string of the molecule is O=C(OCc1ccccc1)N1CCC[C@H]1Cc1nc(-c2ccccc2)no1. The van der Waals surface area contributed by atoms with Crippen molar-refractivity contribution in [3.05, 3.63) is 72.1 Å². The maximum Gasteiger partial charge on any atom is 0.410 e. The molecule has 2 aromatic carbocycles. The van der Waals surface area contributed by atoms with Crippen molar-refractivity contribution in [1.29, 1.82) is 0 Å². The summed E-state index contributed by atoms with van der Waals surface area (Å²) < 4.78 is 10.9. The molecule has 6 heteroatoms. The van der Waals surface area contributed by atoms with E-state index in [2.05, 4.69) is 10.1 Å². The molecule has 0 bridgehead atoms. The highest BCUT2D eigenvalue weighted by molar-refractivity contribution is 5.68. The van der Waals surface area contributed by atoms with Crippen LogP contribution in [0.1, 0.15) is 24.3 Å². The van der Waals surface area contributed by atoms with Gasteiger partial charge in [-0.25, -0.2) is 4.79 Å². The molecule has 1 saturated heterocycles. The Hall–Kier alpha value is -3.15. The number of ether oxygens (including phenoxy) is 1. The van der Waals surface area contributed by atoms with Crippen LogP contribution in [0, 0.1) is 0 Å². The normalized spacial score (nSPS) is 16.4. The summed E-state index contributed by atoms with van der Waals surface area (Å²) in [6, 6.07) is 19.4. The van der Waals surface area contributed by atoms with Gasteiger partial charge in [0, 0.05) is 24.6 Å². The molecular formula is C21H21N3O3. The summed E-state index contributed by atoms with van der Waals surface area (Å²) in [6.45, 7) is 0.972. The number of nitrogens with zero attached hydrogens (tertiary/aromatic N) is 3. The van der Waals surface area contributed by atoms with Crippen LogP contribution in [0.25, 0.3) is 11.4 Å². The lowest BCUT2D eigenvalue weighted by Crippen LogP contribution is -2.37. The number of hydrogen-bond acceptors (Lipinski definition) is 5. The second kappa shape index (κ2) is 8.03. The van der Waals surface area contributed by atoms with Crippen LogP contribution in [-0.4, -0.2) is 33.7 Å². The molecule has 0 spiro atoms. The fourth-order valence-corrected chi connectivity index (χ4v) is 3.33. The molecule has 0 unspecified atom stereocenters. The van der Waals surface area contributed by atoms with E-state index in [4.69, 9.17) is 9.26 Å². The van der Waals surface area contributed by atoms with Gasteiger partial charge in [0.15, 0.2) is 0 Å². The van der Waals surface area contributed by atoms with Crippen molar-refractivity contribution in [3.63, 3.8) is 0 Å². The molecule has 2 heterocycles. The molecule has 3 aromatic rings. The van der Waals surface area contributed by atoms with E-state index in [9.17, 15) is 4.79 Å². The number of rotatable bonds is 5. The second-order valence-electron chi connectivity index (χ2n) is 6.61. The smallest absolute Gasteiger partial charge is 0.410 e. The van der Waals surface area contributed by atoms with Gasteiger partial charge in [-0.15, -0.1) is 0 Å². The first-order valence-corrected chi connectivity index (χ1v) is 9.15. The van der Waals surface area contributed by atoms with E-state index in [1.54, 1.807) is 4.90 Å². The van der Waals surface area contributed by atoms with Crippen LogP contribution in [0.3, 0.4) is 0 Å². The van der Waals surface area contributed by atoms with Crippen LogP contribution < -0.4 is 0 Å². The predicted molar refractivity (Wildman–Crippen MR) is 99.8 cm³/mol. The van der Waals surface area contributed by atoms with E-state index < -0.39 is 0 Å². The molecule has 0 saturated carbocycles. The first kappa shape index (κ1) is 17.3. The van der Waals surface area contributed by atoms with Gasteiger partial charge in [0.1, 0.15) is 6.61 Å². The van der Waals surface area contributed by atoms with E-state index in [1.165, 1.54) is 0 Å². The van der Waals surface area contributed by atoms with Gasteiger partial charge in [-0.3, -0.25) is 0 Å². The van der Waals surface area contributed by atoms with Gasteiger partial charge in [-0.05, 0) is 18.4 Å². The average Bonchev–Trinajstić information content (AvgIpc) is 3.38. The van der Waals surface area contributed by atoms with Crippen molar-refractivity contribution in [3.8, 4) is 11.4 Å². The average molecular weight is 363 g/mol. The summed E-state index contributed by atoms with van der Waals surface area (Å²) in [5.41, 5.74) is 1.89. The number of carbonyl (C=O) groups is 1. The minimum absolute atomic E-state index is 0.0253. The first-order chi connectivity index (χ1) is 13.3. The molecule has 1 aromatic heterocycles. The fourth-order valence-electron chi connectivity index (χ4n) is 3.33. The Morgan fingerprint density at radius 2 is 1.85 bits per heavy atom. The summed E-state index contributed by atoms with van der Waals surface area (Å²) >= 11 is 0. The van der Waals surface area contributed by atoms with Gasteiger partial charge in [0.25, 0.3) is 0 Å². The van der Waals surface area contributed by atoms with Crippen LogP contribution in [0.4, 0.5) is 4.79 Å². The maximum absolute atomic E-state index is 12.5. The zero-order valence-electron chi connectivity index (χ0n) is 15.0. The lowest BCUT2D eigenvalue weighted by Gasteiger charge is -2.22. The molecule has 27 heavy (non-hydrogen) atoms. The zero-order chi connectivity index (χ0) is 18.5. The molecular weight excluding hydrogens is 342 g/mol. The largest absolute Gasteiger partial charge is 0.445 e. The number of aromatic nitrogens is 2. The highest BCUT2D eigenvalue weighted by atomic mass is 16.6. The van der Waals surface area contributed by atoms with Crippen LogP contribution in [0.5, 0.6) is 0 Å². The van der Waals surface area contributed by atoms with E-state index >= 15 is 0 Å². The number of benzene rings is 2. The zero-order valence-corrected chi connectivity index (χ0v) is 15.0. The highest BCUT2D eigenvalue weighted by Gasteiger charge is 2.31. The summed E-state index contributed by atoms with van der Waals surface area (Å²) in [6.07, 6.45) is 2.11. The fraction of sp³-hybridized carbons (Fsp3) is 0.286. The van der Waals surface area contributed by atoms with E-state index in [1.807, 2.05) is 60.7 Å². The monoisotopic (exact) mass is 363 g/mol. The van der Waals surface area contributed by atoms with Crippen molar-refractivity contribution < 1.29 is 14.1 Å². The van der Waals surface area contributed by atoms with Gasteiger partial charge < -0.3 is 14.2 Å².